The highest BCUT2D eigenvalue weighted by atomic mass is 16.5. The second kappa shape index (κ2) is 8.02. The summed E-state index contributed by atoms with van der Waals surface area (Å²) in [5.74, 6) is 1.90. The molecule has 0 radical (unpaired) electrons. The van der Waals surface area contributed by atoms with E-state index in [9.17, 15) is 5.11 Å². The summed E-state index contributed by atoms with van der Waals surface area (Å²) in [5, 5.41) is 12.7. The van der Waals surface area contributed by atoms with E-state index in [0.717, 1.165) is 17.1 Å². The van der Waals surface area contributed by atoms with Crippen molar-refractivity contribution in [3.05, 3.63) is 23.8 Å². The molecule has 1 aromatic carbocycles. The lowest BCUT2D eigenvalue weighted by Gasteiger charge is -2.21. The molecule has 0 unspecified atom stereocenters. The molecule has 4 heteroatoms. The summed E-state index contributed by atoms with van der Waals surface area (Å²) in [5.41, 5.74) is 1.03. The molecule has 0 aliphatic carbocycles. The Balaban J connectivity index is 2.80. The van der Waals surface area contributed by atoms with E-state index in [4.69, 9.17) is 9.47 Å². The summed E-state index contributed by atoms with van der Waals surface area (Å²) in [4.78, 5) is 0. The van der Waals surface area contributed by atoms with Crippen LogP contribution in [-0.4, -0.2) is 31.5 Å². The topological polar surface area (TPSA) is 50.7 Å². The minimum absolute atomic E-state index is 0.0838. The van der Waals surface area contributed by atoms with Crippen molar-refractivity contribution in [2.45, 2.75) is 33.4 Å². The zero-order valence-electron chi connectivity index (χ0n) is 12.3. The average Bonchev–Trinajstić information content (AvgIpc) is 2.39. The molecule has 0 saturated heterocycles. The van der Waals surface area contributed by atoms with Crippen LogP contribution in [0.3, 0.4) is 0 Å². The third-order valence-electron chi connectivity index (χ3n) is 3.12. The fourth-order valence-electron chi connectivity index (χ4n) is 1.95. The maximum Gasteiger partial charge on any atom is 0.165 e. The largest absolute Gasteiger partial charge is 0.493 e. The number of rotatable bonds is 8. The van der Waals surface area contributed by atoms with Crippen LogP contribution in [0, 0.1) is 5.92 Å². The predicted molar refractivity (Wildman–Crippen MR) is 76.7 cm³/mol. The van der Waals surface area contributed by atoms with Gasteiger partial charge in [-0.3, -0.25) is 0 Å². The van der Waals surface area contributed by atoms with E-state index in [1.54, 1.807) is 7.11 Å². The van der Waals surface area contributed by atoms with Crippen molar-refractivity contribution >= 4 is 0 Å². The Kier molecular flexibility index (Phi) is 6.67. The number of nitrogens with one attached hydrogen (secondary N) is 1. The molecule has 0 saturated carbocycles. The summed E-state index contributed by atoms with van der Waals surface area (Å²) in [7, 11) is 1.65. The van der Waals surface area contributed by atoms with Crippen LogP contribution < -0.4 is 14.8 Å². The van der Waals surface area contributed by atoms with E-state index in [-0.39, 0.29) is 12.6 Å². The highest BCUT2D eigenvalue weighted by Gasteiger charge is 2.14. The van der Waals surface area contributed by atoms with Gasteiger partial charge in [0.1, 0.15) is 0 Å². The van der Waals surface area contributed by atoms with Crippen LogP contribution in [0.5, 0.6) is 11.5 Å². The van der Waals surface area contributed by atoms with Crippen molar-refractivity contribution < 1.29 is 14.6 Å². The van der Waals surface area contributed by atoms with Gasteiger partial charge in [0.05, 0.1) is 20.3 Å². The number of aliphatic hydroxyl groups is 1. The van der Waals surface area contributed by atoms with Gasteiger partial charge in [-0.15, -0.1) is 0 Å². The summed E-state index contributed by atoms with van der Waals surface area (Å²) in [6, 6.07) is 5.94. The molecule has 0 fully saturated rings. The van der Waals surface area contributed by atoms with Gasteiger partial charge in [0.25, 0.3) is 0 Å². The maximum absolute atomic E-state index is 9.32. The van der Waals surface area contributed by atoms with E-state index in [2.05, 4.69) is 19.2 Å². The smallest absolute Gasteiger partial charge is 0.165 e. The van der Waals surface area contributed by atoms with Crippen molar-refractivity contribution in [2.24, 2.45) is 5.92 Å². The van der Waals surface area contributed by atoms with E-state index >= 15 is 0 Å². The number of aliphatic hydroxyl groups excluding tert-OH is 1. The predicted octanol–water partition coefficient (Wildman–Crippen LogP) is 2.20. The first-order valence-electron chi connectivity index (χ1n) is 6.76. The highest BCUT2D eigenvalue weighted by Crippen LogP contribution is 2.31. The zero-order valence-corrected chi connectivity index (χ0v) is 12.3. The quantitative estimate of drug-likeness (QED) is 0.758. The second-order valence-electron chi connectivity index (χ2n) is 4.80. The summed E-state index contributed by atoms with van der Waals surface area (Å²) in [6.07, 6.45) is 0. The van der Waals surface area contributed by atoms with Crippen LogP contribution >= 0.6 is 0 Å². The second-order valence-corrected chi connectivity index (χ2v) is 4.80. The van der Waals surface area contributed by atoms with Crippen molar-refractivity contribution in [2.75, 3.05) is 20.3 Å². The van der Waals surface area contributed by atoms with E-state index in [1.165, 1.54) is 0 Å². The molecule has 1 aromatic rings. The van der Waals surface area contributed by atoms with Gasteiger partial charge in [-0.2, -0.15) is 0 Å². The minimum Gasteiger partial charge on any atom is -0.493 e. The van der Waals surface area contributed by atoms with Gasteiger partial charge in [-0.25, -0.2) is 0 Å². The number of hydrogen-bond acceptors (Lipinski definition) is 4. The van der Waals surface area contributed by atoms with Gasteiger partial charge in [0.15, 0.2) is 11.5 Å². The van der Waals surface area contributed by atoms with Gasteiger partial charge in [-0.05, 0) is 18.9 Å². The number of benzene rings is 1. The molecule has 19 heavy (non-hydrogen) atoms. The van der Waals surface area contributed by atoms with Crippen molar-refractivity contribution in [1.29, 1.82) is 0 Å². The first kappa shape index (κ1) is 15.8. The standard InChI is InChI=1S/C15H25NO3/c1-5-19-14-8-6-7-12(15(14)18-4)9-16-13(10-17)11(2)3/h6-8,11,13,16-17H,5,9-10H2,1-4H3/t13-/m1/s1. The fourth-order valence-corrected chi connectivity index (χ4v) is 1.95. The molecule has 0 amide bonds. The van der Waals surface area contributed by atoms with Crippen molar-refractivity contribution in [3.8, 4) is 11.5 Å². The monoisotopic (exact) mass is 267 g/mol. The third-order valence-corrected chi connectivity index (χ3v) is 3.12. The summed E-state index contributed by atoms with van der Waals surface area (Å²) < 4.78 is 11.0. The minimum atomic E-state index is 0.0838. The Bertz CT molecular complexity index is 380. The molecule has 1 atom stereocenters. The van der Waals surface area contributed by atoms with Crippen LogP contribution in [-0.2, 0) is 6.54 Å². The van der Waals surface area contributed by atoms with Crippen LogP contribution in [0.2, 0.25) is 0 Å². The number of hydrogen-bond donors (Lipinski definition) is 2. The maximum atomic E-state index is 9.32. The Labute approximate surface area is 115 Å². The van der Waals surface area contributed by atoms with Gasteiger partial charge in [0.2, 0.25) is 0 Å². The van der Waals surface area contributed by atoms with Crippen molar-refractivity contribution in [3.63, 3.8) is 0 Å². The van der Waals surface area contributed by atoms with Gasteiger partial charge in [0, 0.05) is 18.2 Å². The van der Waals surface area contributed by atoms with Gasteiger partial charge >= 0.3 is 0 Å². The molecule has 1 rings (SSSR count). The molecule has 0 aliphatic rings. The number of methoxy groups -OCH3 is 1. The molecule has 0 aromatic heterocycles. The molecular weight excluding hydrogens is 242 g/mol. The lowest BCUT2D eigenvalue weighted by Crippen LogP contribution is -2.36. The summed E-state index contributed by atoms with van der Waals surface area (Å²) in [6.45, 7) is 7.51. The van der Waals surface area contributed by atoms with Crippen LogP contribution in [0.4, 0.5) is 0 Å². The molecule has 2 N–H and O–H groups in total. The molecular formula is C15H25NO3. The highest BCUT2D eigenvalue weighted by molar-refractivity contribution is 5.46. The first-order valence-corrected chi connectivity index (χ1v) is 6.76. The number of para-hydroxylation sites is 1. The van der Waals surface area contributed by atoms with E-state index in [0.29, 0.717) is 19.1 Å². The molecule has 108 valence electrons. The van der Waals surface area contributed by atoms with Crippen LogP contribution in [0.25, 0.3) is 0 Å². The van der Waals surface area contributed by atoms with Crippen LogP contribution in [0.15, 0.2) is 18.2 Å². The van der Waals surface area contributed by atoms with E-state index in [1.807, 2.05) is 25.1 Å². The average molecular weight is 267 g/mol. The van der Waals surface area contributed by atoms with Crippen LogP contribution in [0.1, 0.15) is 26.3 Å². The molecule has 0 heterocycles. The van der Waals surface area contributed by atoms with E-state index < -0.39 is 0 Å². The van der Waals surface area contributed by atoms with Gasteiger partial charge in [-0.1, -0.05) is 26.0 Å². The Morgan fingerprint density at radius 2 is 2.05 bits per heavy atom. The Hall–Kier alpha value is -1.26. The first-order chi connectivity index (χ1) is 9.13. The Morgan fingerprint density at radius 1 is 1.32 bits per heavy atom. The molecule has 0 spiro atoms. The molecule has 0 aliphatic heterocycles. The molecule has 0 bridgehead atoms. The third kappa shape index (κ3) is 4.40. The van der Waals surface area contributed by atoms with Crippen molar-refractivity contribution in [1.82, 2.24) is 5.32 Å². The Morgan fingerprint density at radius 3 is 2.58 bits per heavy atom. The lowest BCUT2D eigenvalue weighted by atomic mass is 10.0. The molecule has 4 nitrogen and oxygen atoms in total. The zero-order chi connectivity index (χ0) is 14.3. The SMILES string of the molecule is CCOc1cccc(CN[C@H](CO)C(C)C)c1OC. The number of ether oxygens (including phenoxy) is 2. The summed E-state index contributed by atoms with van der Waals surface area (Å²) >= 11 is 0. The van der Waals surface area contributed by atoms with Gasteiger partial charge < -0.3 is 19.9 Å². The lowest BCUT2D eigenvalue weighted by molar-refractivity contribution is 0.209. The fraction of sp³-hybridized carbons (Fsp3) is 0.600. The normalized spacial score (nSPS) is 12.5.